The number of hydrogen-bond donors (Lipinski definition) is 0. The van der Waals surface area contributed by atoms with Gasteiger partial charge in [0.2, 0.25) is 0 Å². The lowest BCUT2D eigenvalue weighted by Gasteiger charge is -2.16. The molecule has 0 N–H and O–H groups in total. The number of ether oxygens (including phenoxy) is 1. The number of carbonyl (C=O) groups is 1. The highest BCUT2D eigenvalue weighted by atomic mass is 16.5. The second-order valence-corrected chi connectivity index (χ2v) is 7.18. The zero-order chi connectivity index (χ0) is 19.8. The quantitative estimate of drug-likeness (QED) is 0.686. The third-order valence-electron chi connectivity index (χ3n) is 5.17. The van der Waals surface area contributed by atoms with Crippen molar-refractivity contribution in [3.05, 3.63) is 63.0 Å². The molecule has 3 aromatic heterocycles. The molecular formula is C20H22N4O4. The van der Waals surface area contributed by atoms with Crippen molar-refractivity contribution in [2.45, 2.75) is 39.9 Å². The summed E-state index contributed by atoms with van der Waals surface area (Å²) in [4.78, 5) is 31.5. The maximum Gasteiger partial charge on any atom is 0.270 e. The van der Waals surface area contributed by atoms with Gasteiger partial charge in [-0.1, -0.05) is 5.16 Å². The Hall–Kier alpha value is -3.00. The Bertz CT molecular complexity index is 1080. The zero-order valence-corrected chi connectivity index (χ0v) is 16.1. The molecule has 4 rings (SSSR count). The summed E-state index contributed by atoms with van der Waals surface area (Å²) in [6.07, 6.45) is 3.65. The summed E-state index contributed by atoms with van der Waals surface area (Å²) in [5, 5.41) is 3.92. The average molecular weight is 382 g/mol. The Morgan fingerprint density at radius 2 is 2.18 bits per heavy atom. The molecule has 1 aliphatic heterocycles. The van der Waals surface area contributed by atoms with Crippen molar-refractivity contribution in [2.75, 3.05) is 13.1 Å². The van der Waals surface area contributed by atoms with Crippen LogP contribution in [0, 0.1) is 20.8 Å². The van der Waals surface area contributed by atoms with E-state index in [2.05, 4.69) is 10.1 Å². The summed E-state index contributed by atoms with van der Waals surface area (Å²) >= 11 is 0. The topological polar surface area (TPSA) is 89.9 Å². The van der Waals surface area contributed by atoms with E-state index in [1.165, 1.54) is 10.6 Å². The fraction of sp³-hybridized carbons (Fsp3) is 0.400. The lowest BCUT2D eigenvalue weighted by Crippen LogP contribution is -2.35. The largest absolute Gasteiger partial charge is 0.371 e. The third-order valence-corrected chi connectivity index (χ3v) is 5.17. The molecule has 28 heavy (non-hydrogen) atoms. The number of fused-ring (bicyclic) bond motifs is 1. The van der Waals surface area contributed by atoms with Gasteiger partial charge in [-0.15, -0.1) is 0 Å². The van der Waals surface area contributed by atoms with Gasteiger partial charge in [-0.2, -0.15) is 0 Å². The van der Waals surface area contributed by atoms with Crippen LogP contribution in [0.15, 0.2) is 33.8 Å². The molecule has 146 valence electrons. The molecule has 1 saturated heterocycles. The van der Waals surface area contributed by atoms with E-state index in [4.69, 9.17) is 9.26 Å². The van der Waals surface area contributed by atoms with Crippen LogP contribution in [-0.4, -0.2) is 44.5 Å². The Balaban J connectivity index is 1.46. The van der Waals surface area contributed by atoms with Crippen LogP contribution in [0.1, 0.15) is 39.4 Å². The summed E-state index contributed by atoms with van der Waals surface area (Å²) in [6, 6.07) is 3.63. The smallest absolute Gasteiger partial charge is 0.270 e. The molecule has 0 spiro atoms. The van der Waals surface area contributed by atoms with E-state index < -0.39 is 0 Å². The fourth-order valence-electron chi connectivity index (χ4n) is 3.45. The summed E-state index contributed by atoms with van der Waals surface area (Å²) in [6.45, 7) is 7.04. The van der Waals surface area contributed by atoms with E-state index >= 15 is 0 Å². The number of carbonyl (C=O) groups excluding carboxylic acids is 1. The standard InChI is InChI=1S/C20H22N4O4/c1-12-4-7-24-18(8-12)21-9-16(20(24)26)19(25)23-6-5-15(10-23)27-11-17-13(2)22-28-14(17)3/h4,7-9,15H,5-6,10-11H2,1-3H3. The van der Waals surface area contributed by atoms with Crippen molar-refractivity contribution in [2.24, 2.45) is 0 Å². The van der Waals surface area contributed by atoms with Gasteiger partial charge in [0, 0.05) is 31.0 Å². The Kier molecular flexibility index (Phi) is 4.72. The lowest BCUT2D eigenvalue weighted by molar-refractivity contribution is 0.0429. The van der Waals surface area contributed by atoms with Gasteiger partial charge in [0.25, 0.3) is 11.5 Å². The third kappa shape index (κ3) is 3.31. The molecule has 8 nitrogen and oxygen atoms in total. The number of nitrogens with zero attached hydrogens (tertiary/aromatic N) is 4. The first-order valence-corrected chi connectivity index (χ1v) is 9.24. The minimum Gasteiger partial charge on any atom is -0.371 e. The van der Waals surface area contributed by atoms with Crippen LogP contribution in [0.5, 0.6) is 0 Å². The fourth-order valence-corrected chi connectivity index (χ4v) is 3.45. The van der Waals surface area contributed by atoms with Crippen molar-refractivity contribution >= 4 is 11.6 Å². The first-order valence-electron chi connectivity index (χ1n) is 9.24. The number of amides is 1. The molecule has 1 unspecified atom stereocenters. The van der Waals surface area contributed by atoms with E-state index in [-0.39, 0.29) is 23.1 Å². The highest BCUT2D eigenvalue weighted by Gasteiger charge is 2.29. The van der Waals surface area contributed by atoms with Crippen LogP contribution >= 0.6 is 0 Å². The predicted octanol–water partition coefficient (Wildman–Crippen LogP) is 2.04. The van der Waals surface area contributed by atoms with Crippen molar-refractivity contribution in [3.8, 4) is 0 Å². The Morgan fingerprint density at radius 3 is 2.93 bits per heavy atom. The van der Waals surface area contributed by atoms with Gasteiger partial charge in [0.15, 0.2) is 0 Å². The first-order chi connectivity index (χ1) is 13.4. The van der Waals surface area contributed by atoms with Crippen molar-refractivity contribution < 1.29 is 14.1 Å². The zero-order valence-electron chi connectivity index (χ0n) is 16.1. The van der Waals surface area contributed by atoms with E-state index in [1.54, 1.807) is 11.1 Å². The number of pyridine rings is 1. The van der Waals surface area contributed by atoms with Crippen LogP contribution in [-0.2, 0) is 11.3 Å². The number of hydrogen-bond acceptors (Lipinski definition) is 6. The number of rotatable bonds is 4. The Morgan fingerprint density at radius 1 is 1.36 bits per heavy atom. The predicted molar refractivity (Wildman–Crippen MR) is 101 cm³/mol. The van der Waals surface area contributed by atoms with Gasteiger partial charge in [0.05, 0.1) is 18.4 Å². The maximum absolute atomic E-state index is 12.9. The average Bonchev–Trinajstić information content (AvgIpc) is 3.27. The molecule has 1 amide bonds. The second-order valence-electron chi connectivity index (χ2n) is 7.18. The van der Waals surface area contributed by atoms with Gasteiger partial charge in [-0.05, 0) is 44.9 Å². The molecule has 0 bridgehead atoms. The van der Waals surface area contributed by atoms with Gasteiger partial charge in [-0.3, -0.25) is 14.0 Å². The minimum atomic E-state index is -0.352. The molecule has 0 saturated carbocycles. The summed E-state index contributed by atoms with van der Waals surface area (Å²) in [5.74, 6) is 0.435. The SMILES string of the molecule is Cc1ccn2c(=O)c(C(=O)N3CCC(OCc4c(C)noc4C)C3)cnc2c1. The molecule has 4 heterocycles. The summed E-state index contributed by atoms with van der Waals surface area (Å²) in [5.41, 5.74) is 3.02. The lowest BCUT2D eigenvalue weighted by atomic mass is 10.2. The van der Waals surface area contributed by atoms with Gasteiger partial charge in [-0.25, -0.2) is 4.98 Å². The molecule has 1 aliphatic rings. The van der Waals surface area contributed by atoms with Gasteiger partial charge in [0.1, 0.15) is 17.0 Å². The Labute approximate surface area is 161 Å². The molecule has 1 fully saturated rings. The summed E-state index contributed by atoms with van der Waals surface area (Å²) < 4.78 is 12.5. The maximum atomic E-state index is 12.9. The molecule has 0 aliphatic carbocycles. The molecule has 0 radical (unpaired) electrons. The van der Waals surface area contributed by atoms with Crippen LogP contribution in [0.4, 0.5) is 0 Å². The van der Waals surface area contributed by atoms with Crippen LogP contribution < -0.4 is 5.56 Å². The van der Waals surface area contributed by atoms with Crippen molar-refractivity contribution in [1.29, 1.82) is 0 Å². The highest BCUT2D eigenvalue weighted by molar-refractivity contribution is 5.94. The van der Waals surface area contributed by atoms with E-state index in [0.717, 1.165) is 29.0 Å². The van der Waals surface area contributed by atoms with Gasteiger partial charge < -0.3 is 14.2 Å². The molecule has 1 atom stereocenters. The van der Waals surface area contributed by atoms with Crippen LogP contribution in [0.3, 0.4) is 0 Å². The van der Waals surface area contributed by atoms with E-state index in [9.17, 15) is 9.59 Å². The number of aryl methyl sites for hydroxylation is 3. The molecule has 0 aromatic carbocycles. The normalized spacial score (nSPS) is 16.8. The molecular weight excluding hydrogens is 360 g/mol. The van der Waals surface area contributed by atoms with Crippen LogP contribution in [0.2, 0.25) is 0 Å². The summed E-state index contributed by atoms with van der Waals surface area (Å²) in [7, 11) is 0. The first kappa shape index (κ1) is 18.4. The van der Waals surface area contributed by atoms with E-state index in [0.29, 0.717) is 25.3 Å². The van der Waals surface area contributed by atoms with Crippen molar-refractivity contribution in [3.63, 3.8) is 0 Å². The second kappa shape index (κ2) is 7.20. The van der Waals surface area contributed by atoms with Gasteiger partial charge >= 0.3 is 0 Å². The van der Waals surface area contributed by atoms with E-state index in [1.807, 2.05) is 32.9 Å². The number of likely N-dealkylation sites (tertiary alicyclic amines) is 1. The molecule has 8 heteroatoms. The minimum absolute atomic E-state index is 0.0766. The monoisotopic (exact) mass is 382 g/mol. The number of aromatic nitrogens is 3. The van der Waals surface area contributed by atoms with Crippen LogP contribution in [0.25, 0.3) is 5.65 Å². The van der Waals surface area contributed by atoms with Crippen molar-refractivity contribution in [1.82, 2.24) is 19.4 Å². The highest BCUT2D eigenvalue weighted by Crippen LogP contribution is 2.19. The molecule has 3 aromatic rings.